The second kappa shape index (κ2) is 11.0. The van der Waals surface area contributed by atoms with Crippen LogP contribution >= 0.6 is 0 Å². The fourth-order valence-corrected chi connectivity index (χ4v) is 5.65. The van der Waals surface area contributed by atoms with Crippen molar-refractivity contribution in [3.63, 3.8) is 0 Å². The number of aromatic nitrogens is 1. The Labute approximate surface area is 234 Å². The van der Waals surface area contributed by atoms with E-state index in [4.69, 9.17) is 4.42 Å². The molecule has 0 bridgehead atoms. The summed E-state index contributed by atoms with van der Waals surface area (Å²) in [6.45, 7) is 8.65. The average molecular weight is 536 g/mol. The third-order valence-corrected chi connectivity index (χ3v) is 8.19. The molecule has 9 nitrogen and oxygen atoms in total. The lowest BCUT2D eigenvalue weighted by Crippen LogP contribution is -2.49. The lowest BCUT2D eigenvalue weighted by atomic mass is 10.0. The number of carbonyl (C=O) groups is 1. The molecule has 0 radical (unpaired) electrons. The third-order valence-electron chi connectivity index (χ3n) is 8.19. The number of oxazole rings is 1. The summed E-state index contributed by atoms with van der Waals surface area (Å²) < 4.78 is 5.97. The van der Waals surface area contributed by atoms with Crippen molar-refractivity contribution in [1.82, 2.24) is 14.8 Å². The highest BCUT2D eigenvalue weighted by molar-refractivity contribution is 5.96. The van der Waals surface area contributed by atoms with Gasteiger partial charge in [0.15, 0.2) is 0 Å². The fraction of sp³-hybridized carbons (Fsp3) is 0.419. The second-order valence-corrected chi connectivity index (χ2v) is 10.9. The number of carbonyl (C=O) groups excluding carboxylic acids is 1. The van der Waals surface area contributed by atoms with Gasteiger partial charge in [-0.3, -0.25) is 9.69 Å². The summed E-state index contributed by atoms with van der Waals surface area (Å²) in [5.41, 5.74) is 4.93. The molecule has 1 aliphatic carbocycles. The van der Waals surface area contributed by atoms with Gasteiger partial charge in [-0.1, -0.05) is 24.3 Å². The van der Waals surface area contributed by atoms with Gasteiger partial charge in [0.25, 0.3) is 5.91 Å². The number of para-hydroxylation sites is 1. The Morgan fingerprint density at radius 1 is 0.950 bits per heavy atom. The lowest BCUT2D eigenvalue weighted by Gasteiger charge is -2.36. The number of nitriles is 2. The van der Waals surface area contributed by atoms with Crippen molar-refractivity contribution in [2.45, 2.75) is 32.2 Å². The van der Waals surface area contributed by atoms with Gasteiger partial charge in [-0.2, -0.15) is 10.5 Å². The highest BCUT2D eigenvalue weighted by atomic mass is 16.4. The zero-order valence-corrected chi connectivity index (χ0v) is 22.8. The minimum Gasteiger partial charge on any atom is -0.423 e. The van der Waals surface area contributed by atoms with Crippen molar-refractivity contribution in [2.24, 2.45) is 0 Å². The summed E-state index contributed by atoms with van der Waals surface area (Å²) in [5, 5.41) is 19.0. The van der Waals surface area contributed by atoms with Crippen LogP contribution in [0.15, 0.2) is 46.9 Å². The van der Waals surface area contributed by atoms with E-state index in [0.29, 0.717) is 55.1 Å². The van der Waals surface area contributed by atoms with Crippen LogP contribution in [0, 0.1) is 29.6 Å². The molecule has 0 spiro atoms. The Kier molecular flexibility index (Phi) is 7.15. The Morgan fingerprint density at radius 3 is 2.38 bits per heavy atom. The first-order chi connectivity index (χ1) is 19.5. The molecule has 1 saturated carbocycles. The number of hydrogen-bond acceptors (Lipinski definition) is 8. The van der Waals surface area contributed by atoms with Gasteiger partial charge in [-0.25, -0.2) is 4.98 Å². The van der Waals surface area contributed by atoms with E-state index in [2.05, 4.69) is 33.0 Å². The molecule has 1 aromatic heterocycles. The van der Waals surface area contributed by atoms with E-state index in [-0.39, 0.29) is 5.91 Å². The maximum atomic E-state index is 13.6. The monoisotopic (exact) mass is 535 g/mol. The smallest absolute Gasteiger partial charge is 0.254 e. The second-order valence-electron chi connectivity index (χ2n) is 10.9. The fourth-order valence-electron chi connectivity index (χ4n) is 5.65. The van der Waals surface area contributed by atoms with Crippen LogP contribution in [0.2, 0.25) is 0 Å². The van der Waals surface area contributed by atoms with Gasteiger partial charge < -0.3 is 19.1 Å². The molecule has 1 amide bonds. The molecule has 6 rings (SSSR count). The molecule has 204 valence electrons. The predicted molar refractivity (Wildman–Crippen MR) is 151 cm³/mol. The minimum absolute atomic E-state index is 0.0497. The van der Waals surface area contributed by atoms with Gasteiger partial charge in [-0.05, 0) is 49.1 Å². The Hall–Kier alpha value is -4.34. The van der Waals surface area contributed by atoms with Crippen LogP contribution in [0.3, 0.4) is 0 Å². The summed E-state index contributed by atoms with van der Waals surface area (Å²) in [4.78, 5) is 26.6. The molecule has 0 atom stereocenters. The summed E-state index contributed by atoms with van der Waals surface area (Å²) >= 11 is 0. The first-order valence-electron chi connectivity index (χ1n) is 14.0. The molecule has 2 saturated heterocycles. The topological polar surface area (TPSA) is 104 Å². The minimum atomic E-state index is 0.0497. The van der Waals surface area contributed by atoms with Gasteiger partial charge in [0.1, 0.15) is 12.1 Å². The van der Waals surface area contributed by atoms with Gasteiger partial charge >= 0.3 is 0 Å². The molecule has 3 heterocycles. The average Bonchev–Trinajstić information content (AvgIpc) is 3.76. The lowest BCUT2D eigenvalue weighted by molar-refractivity contribution is 0.0744. The van der Waals surface area contributed by atoms with Crippen molar-refractivity contribution in [3.8, 4) is 12.1 Å². The van der Waals surface area contributed by atoms with Crippen LogP contribution in [0.25, 0.3) is 0 Å². The van der Waals surface area contributed by atoms with Crippen LogP contribution in [0.1, 0.15) is 57.4 Å². The van der Waals surface area contributed by atoms with Crippen molar-refractivity contribution in [3.05, 3.63) is 76.3 Å². The first kappa shape index (κ1) is 25.9. The van der Waals surface area contributed by atoms with E-state index in [1.807, 2.05) is 53.1 Å². The van der Waals surface area contributed by atoms with E-state index in [1.54, 1.807) is 0 Å². The van der Waals surface area contributed by atoms with Crippen LogP contribution in [0.5, 0.6) is 0 Å². The molecule has 2 aliphatic heterocycles. The summed E-state index contributed by atoms with van der Waals surface area (Å²) in [5.74, 6) is 1.62. The Balaban J connectivity index is 1.06. The predicted octanol–water partition coefficient (Wildman–Crippen LogP) is 3.89. The van der Waals surface area contributed by atoms with Crippen LogP contribution in [-0.4, -0.2) is 73.0 Å². The van der Waals surface area contributed by atoms with Gasteiger partial charge in [0.05, 0.1) is 11.3 Å². The maximum absolute atomic E-state index is 13.6. The molecule has 2 aromatic carbocycles. The normalized spacial score (nSPS) is 17.9. The molecule has 0 unspecified atom stereocenters. The van der Waals surface area contributed by atoms with E-state index in [1.165, 1.54) is 0 Å². The quantitative estimate of drug-likeness (QED) is 0.468. The molecular formula is C31H33N7O2. The zero-order chi connectivity index (χ0) is 27.6. The van der Waals surface area contributed by atoms with Crippen LogP contribution in [0.4, 0.5) is 11.6 Å². The largest absolute Gasteiger partial charge is 0.423 e. The van der Waals surface area contributed by atoms with E-state index >= 15 is 0 Å². The standard InChI is InChI=1S/C31H33N7O2/c1-22-6-7-23(21-35-10-12-36(13-11-35)28-5-3-2-4-25(28)19-32)18-26(22)30(39)37-14-16-38(17-15-37)31-27(20-33)34-29(40-31)24-8-9-24/h2-7,18,24H,8-17,21H2,1H3. The van der Waals surface area contributed by atoms with Crippen LogP contribution in [-0.2, 0) is 6.54 Å². The number of piperazine rings is 2. The maximum Gasteiger partial charge on any atom is 0.254 e. The van der Waals surface area contributed by atoms with E-state index < -0.39 is 0 Å². The SMILES string of the molecule is Cc1ccc(CN2CCN(c3ccccc3C#N)CC2)cc1C(=O)N1CCN(c2oc(C3CC3)nc2C#N)CC1. The van der Waals surface area contributed by atoms with E-state index in [9.17, 15) is 15.3 Å². The highest BCUT2D eigenvalue weighted by Gasteiger charge is 2.33. The molecule has 40 heavy (non-hydrogen) atoms. The van der Waals surface area contributed by atoms with Gasteiger partial charge in [-0.15, -0.1) is 0 Å². The third kappa shape index (κ3) is 5.25. The molecule has 0 N–H and O–H groups in total. The van der Waals surface area contributed by atoms with Crippen molar-refractivity contribution in [2.75, 3.05) is 62.2 Å². The number of aryl methyl sites for hydroxylation is 1. The highest BCUT2D eigenvalue weighted by Crippen LogP contribution is 2.41. The molecular weight excluding hydrogens is 502 g/mol. The molecule has 3 aromatic rings. The van der Waals surface area contributed by atoms with Crippen molar-refractivity contribution < 1.29 is 9.21 Å². The molecule has 3 aliphatic rings. The number of benzene rings is 2. The van der Waals surface area contributed by atoms with Crippen LogP contribution < -0.4 is 9.80 Å². The molecule has 3 fully saturated rings. The molecule has 9 heteroatoms. The summed E-state index contributed by atoms with van der Waals surface area (Å²) in [6, 6.07) is 18.5. The Morgan fingerprint density at radius 2 is 1.68 bits per heavy atom. The van der Waals surface area contributed by atoms with Gasteiger partial charge in [0.2, 0.25) is 17.5 Å². The van der Waals surface area contributed by atoms with Gasteiger partial charge in [0, 0.05) is 70.4 Å². The summed E-state index contributed by atoms with van der Waals surface area (Å²) in [7, 11) is 0. The first-order valence-corrected chi connectivity index (χ1v) is 14.0. The number of amides is 1. The number of anilines is 2. The Bertz CT molecular complexity index is 1480. The van der Waals surface area contributed by atoms with E-state index in [0.717, 1.165) is 67.9 Å². The van der Waals surface area contributed by atoms with Crippen molar-refractivity contribution in [1.29, 1.82) is 10.5 Å². The van der Waals surface area contributed by atoms with Crippen molar-refractivity contribution >= 4 is 17.5 Å². The summed E-state index contributed by atoms with van der Waals surface area (Å²) in [6.07, 6.45) is 2.14. The number of nitrogens with zero attached hydrogens (tertiary/aromatic N) is 7. The zero-order valence-electron chi connectivity index (χ0n) is 22.8. The number of rotatable bonds is 6. The number of hydrogen-bond donors (Lipinski definition) is 0.